The van der Waals surface area contributed by atoms with Gasteiger partial charge in [0.2, 0.25) is 0 Å². The molecule has 6 nitrogen and oxygen atoms in total. The second-order valence-electron chi connectivity index (χ2n) is 8.61. The molecule has 162 valence electrons. The molecule has 1 saturated heterocycles. The number of aromatic nitrogens is 2. The molecule has 0 bridgehead atoms. The predicted octanol–water partition coefficient (Wildman–Crippen LogP) is 4.05. The first-order valence-corrected chi connectivity index (χ1v) is 11.3. The number of aryl methyl sites for hydroxylation is 1. The van der Waals surface area contributed by atoms with Crippen LogP contribution in [0.2, 0.25) is 0 Å². The summed E-state index contributed by atoms with van der Waals surface area (Å²) in [6.45, 7) is 7.32. The molecule has 2 aromatic carbocycles. The zero-order chi connectivity index (χ0) is 21.5. The van der Waals surface area contributed by atoms with E-state index >= 15 is 0 Å². The molecule has 0 aliphatic carbocycles. The van der Waals surface area contributed by atoms with Crippen molar-refractivity contribution >= 4 is 27.6 Å². The highest BCUT2D eigenvalue weighted by Crippen LogP contribution is 2.38. The van der Waals surface area contributed by atoms with Crippen LogP contribution >= 0.6 is 0 Å². The highest BCUT2D eigenvalue weighted by atomic mass is 16.6. The number of fused-ring (bicyclic) bond motifs is 4. The van der Waals surface area contributed by atoms with Crippen LogP contribution in [0.25, 0.3) is 21.8 Å². The number of para-hydroxylation sites is 1. The Bertz CT molecular complexity index is 1280. The van der Waals surface area contributed by atoms with Crippen LogP contribution in [0.3, 0.4) is 0 Å². The zero-order valence-electron chi connectivity index (χ0n) is 18.2. The average Bonchev–Trinajstić information content (AvgIpc) is 2.84. The second kappa shape index (κ2) is 7.95. The van der Waals surface area contributed by atoms with Gasteiger partial charge in [0.25, 0.3) is 0 Å². The van der Waals surface area contributed by atoms with Crippen LogP contribution in [0.4, 0.5) is 5.82 Å². The zero-order valence-corrected chi connectivity index (χ0v) is 18.2. The normalized spacial score (nSPS) is 18.9. The van der Waals surface area contributed by atoms with E-state index in [9.17, 15) is 0 Å². The van der Waals surface area contributed by atoms with Crippen LogP contribution in [0.1, 0.15) is 5.69 Å². The number of rotatable bonds is 3. The molecule has 6 rings (SSSR count). The Morgan fingerprint density at radius 1 is 0.875 bits per heavy atom. The van der Waals surface area contributed by atoms with E-state index in [2.05, 4.69) is 51.2 Å². The van der Waals surface area contributed by atoms with Gasteiger partial charge in [-0.2, -0.15) is 0 Å². The molecule has 4 heterocycles. The quantitative estimate of drug-likeness (QED) is 0.493. The standard InChI is InChI=1S/C26H26N4O2/c1-18-6-8-21-23(27-18)9-10-24-26(21)32-20(17-31-24)16-29-12-14-30(15-13-29)25-11-7-19-4-2-3-5-22(19)28-25/h2-11,20H,12-17H2,1H3. The van der Waals surface area contributed by atoms with E-state index in [0.717, 1.165) is 72.2 Å². The Morgan fingerprint density at radius 2 is 1.75 bits per heavy atom. The molecule has 0 saturated carbocycles. The van der Waals surface area contributed by atoms with Crippen molar-refractivity contribution in [2.75, 3.05) is 44.2 Å². The number of ether oxygens (including phenoxy) is 2. The first-order chi connectivity index (χ1) is 15.7. The van der Waals surface area contributed by atoms with E-state index in [1.807, 2.05) is 31.2 Å². The third kappa shape index (κ3) is 3.60. The number of hydrogen-bond acceptors (Lipinski definition) is 6. The minimum atomic E-state index is 0.0137. The summed E-state index contributed by atoms with van der Waals surface area (Å²) in [4.78, 5) is 14.3. The molecule has 32 heavy (non-hydrogen) atoms. The Hall–Kier alpha value is -3.38. The van der Waals surface area contributed by atoms with Crippen molar-refractivity contribution in [2.45, 2.75) is 13.0 Å². The SMILES string of the molecule is Cc1ccc2c3c(ccc2n1)OCC(CN1CCN(c2ccc4ccccc4n2)CC1)O3. The summed E-state index contributed by atoms with van der Waals surface area (Å²) < 4.78 is 12.5. The van der Waals surface area contributed by atoms with E-state index in [1.54, 1.807) is 0 Å². The largest absolute Gasteiger partial charge is 0.486 e. The molecular formula is C26H26N4O2. The summed E-state index contributed by atoms with van der Waals surface area (Å²) in [7, 11) is 0. The molecule has 0 amide bonds. The maximum Gasteiger partial charge on any atom is 0.171 e. The fourth-order valence-electron chi connectivity index (χ4n) is 4.65. The van der Waals surface area contributed by atoms with Gasteiger partial charge in [0.05, 0.1) is 11.0 Å². The van der Waals surface area contributed by atoms with E-state index < -0.39 is 0 Å². The minimum Gasteiger partial charge on any atom is -0.486 e. The maximum atomic E-state index is 6.41. The maximum absolute atomic E-state index is 6.41. The number of pyridine rings is 2. The van der Waals surface area contributed by atoms with Gasteiger partial charge < -0.3 is 14.4 Å². The molecule has 1 unspecified atom stereocenters. The first kappa shape index (κ1) is 19.3. The third-order valence-corrected chi connectivity index (χ3v) is 6.38. The fraction of sp³-hybridized carbons (Fsp3) is 0.308. The fourth-order valence-corrected chi connectivity index (χ4v) is 4.65. The molecule has 2 aliphatic rings. The number of nitrogens with zero attached hydrogens (tertiary/aromatic N) is 4. The summed E-state index contributed by atoms with van der Waals surface area (Å²) in [6, 6.07) is 20.7. The lowest BCUT2D eigenvalue weighted by molar-refractivity contribution is 0.0587. The summed E-state index contributed by atoms with van der Waals surface area (Å²) in [5, 5.41) is 2.20. The minimum absolute atomic E-state index is 0.0137. The molecule has 0 N–H and O–H groups in total. The Morgan fingerprint density at radius 3 is 2.66 bits per heavy atom. The molecule has 0 radical (unpaired) electrons. The molecular weight excluding hydrogens is 400 g/mol. The predicted molar refractivity (Wildman–Crippen MR) is 127 cm³/mol. The van der Waals surface area contributed by atoms with Gasteiger partial charge in [-0.3, -0.25) is 9.88 Å². The highest BCUT2D eigenvalue weighted by molar-refractivity contribution is 5.88. The lowest BCUT2D eigenvalue weighted by Gasteiger charge is -2.38. The number of piperazine rings is 1. The topological polar surface area (TPSA) is 50.7 Å². The average molecular weight is 427 g/mol. The van der Waals surface area contributed by atoms with Crippen molar-refractivity contribution in [3.63, 3.8) is 0 Å². The van der Waals surface area contributed by atoms with Crippen molar-refractivity contribution in [2.24, 2.45) is 0 Å². The van der Waals surface area contributed by atoms with Gasteiger partial charge in [0, 0.05) is 49.2 Å². The first-order valence-electron chi connectivity index (χ1n) is 11.3. The van der Waals surface area contributed by atoms with Gasteiger partial charge in [-0.25, -0.2) is 4.98 Å². The summed E-state index contributed by atoms with van der Waals surface area (Å²) in [5.74, 6) is 2.70. The van der Waals surface area contributed by atoms with Crippen LogP contribution in [0.5, 0.6) is 11.5 Å². The molecule has 2 aromatic heterocycles. The van der Waals surface area contributed by atoms with Crippen LogP contribution < -0.4 is 14.4 Å². The monoisotopic (exact) mass is 426 g/mol. The van der Waals surface area contributed by atoms with Gasteiger partial charge in [-0.1, -0.05) is 18.2 Å². The third-order valence-electron chi connectivity index (χ3n) is 6.38. The van der Waals surface area contributed by atoms with Crippen molar-refractivity contribution in [1.82, 2.24) is 14.9 Å². The van der Waals surface area contributed by atoms with E-state index in [1.165, 1.54) is 5.39 Å². The van der Waals surface area contributed by atoms with Crippen molar-refractivity contribution in [1.29, 1.82) is 0 Å². The van der Waals surface area contributed by atoms with Gasteiger partial charge in [-0.05, 0) is 49.4 Å². The molecule has 1 fully saturated rings. The van der Waals surface area contributed by atoms with Gasteiger partial charge in [-0.15, -0.1) is 0 Å². The molecule has 1 atom stereocenters. The summed E-state index contributed by atoms with van der Waals surface area (Å²) >= 11 is 0. The summed E-state index contributed by atoms with van der Waals surface area (Å²) in [5.41, 5.74) is 3.00. The van der Waals surface area contributed by atoms with Crippen LogP contribution in [-0.2, 0) is 0 Å². The number of benzene rings is 2. The highest BCUT2D eigenvalue weighted by Gasteiger charge is 2.27. The molecule has 6 heteroatoms. The molecule has 2 aliphatic heterocycles. The van der Waals surface area contributed by atoms with Gasteiger partial charge in [0.15, 0.2) is 11.5 Å². The molecule has 0 spiro atoms. The van der Waals surface area contributed by atoms with Crippen LogP contribution in [-0.4, -0.2) is 60.3 Å². The van der Waals surface area contributed by atoms with Crippen molar-refractivity contribution in [3.05, 3.63) is 66.4 Å². The Balaban J connectivity index is 1.11. The van der Waals surface area contributed by atoms with Crippen molar-refractivity contribution in [3.8, 4) is 11.5 Å². The lowest BCUT2D eigenvalue weighted by atomic mass is 10.1. The summed E-state index contributed by atoms with van der Waals surface area (Å²) in [6.07, 6.45) is 0.0137. The van der Waals surface area contributed by atoms with E-state index in [4.69, 9.17) is 14.5 Å². The molecule has 4 aromatic rings. The smallest absolute Gasteiger partial charge is 0.171 e. The Labute approximate surface area is 187 Å². The van der Waals surface area contributed by atoms with Gasteiger partial charge >= 0.3 is 0 Å². The number of hydrogen-bond donors (Lipinski definition) is 0. The van der Waals surface area contributed by atoms with Crippen LogP contribution in [0.15, 0.2) is 60.7 Å². The number of anilines is 1. The van der Waals surface area contributed by atoms with Gasteiger partial charge in [0.1, 0.15) is 18.5 Å². The van der Waals surface area contributed by atoms with Crippen molar-refractivity contribution < 1.29 is 9.47 Å². The lowest BCUT2D eigenvalue weighted by Crippen LogP contribution is -2.50. The van der Waals surface area contributed by atoms with Crippen LogP contribution in [0, 0.1) is 6.92 Å². The van der Waals surface area contributed by atoms with E-state index in [-0.39, 0.29) is 6.10 Å². The van der Waals surface area contributed by atoms with E-state index in [0.29, 0.717) is 6.61 Å². The Kier molecular flexibility index (Phi) is 4.80. The second-order valence-corrected chi connectivity index (χ2v) is 8.61.